The first-order valence-corrected chi connectivity index (χ1v) is 7.55. The van der Waals surface area contributed by atoms with Crippen LogP contribution in [0.1, 0.15) is 30.9 Å². The Labute approximate surface area is 136 Å². The van der Waals surface area contributed by atoms with Crippen molar-refractivity contribution in [3.63, 3.8) is 0 Å². The van der Waals surface area contributed by atoms with Gasteiger partial charge < -0.3 is 9.47 Å². The van der Waals surface area contributed by atoms with Crippen LogP contribution in [0.25, 0.3) is 0 Å². The summed E-state index contributed by atoms with van der Waals surface area (Å²) in [4.78, 5) is 0. The lowest BCUT2D eigenvalue weighted by molar-refractivity contribution is 0.157. The average Bonchev–Trinajstić information content (AvgIpc) is 2.62. The van der Waals surface area contributed by atoms with Crippen LogP contribution in [-0.2, 0) is 0 Å². The van der Waals surface area contributed by atoms with Crippen LogP contribution in [0.15, 0.2) is 48.5 Å². The maximum absolute atomic E-state index is 8.79. The van der Waals surface area contributed by atoms with E-state index in [-0.39, 0.29) is 6.10 Å². The Morgan fingerprint density at radius 3 is 1.87 bits per heavy atom. The molecule has 0 fully saturated rings. The number of ether oxygens (including phenoxy) is 2. The van der Waals surface area contributed by atoms with Crippen LogP contribution in [0.4, 0.5) is 0 Å². The number of hydrogen-bond acceptors (Lipinski definition) is 4. The third-order valence-corrected chi connectivity index (χ3v) is 3.43. The van der Waals surface area contributed by atoms with Crippen LogP contribution >= 0.6 is 0 Å². The molecule has 0 N–H and O–H groups in total. The van der Waals surface area contributed by atoms with Gasteiger partial charge in [-0.1, -0.05) is 6.92 Å². The van der Waals surface area contributed by atoms with Crippen LogP contribution < -0.4 is 9.47 Å². The summed E-state index contributed by atoms with van der Waals surface area (Å²) < 4.78 is 11.6. The molecule has 116 valence electrons. The molecule has 0 radical (unpaired) electrons. The van der Waals surface area contributed by atoms with Gasteiger partial charge >= 0.3 is 0 Å². The molecule has 4 nitrogen and oxygen atoms in total. The Kier molecular flexibility index (Phi) is 6.03. The minimum Gasteiger partial charge on any atom is -0.493 e. The molecule has 0 bridgehead atoms. The van der Waals surface area contributed by atoms with Gasteiger partial charge in [0.1, 0.15) is 17.6 Å². The second kappa shape index (κ2) is 8.46. The summed E-state index contributed by atoms with van der Waals surface area (Å²) in [6, 6.07) is 18.3. The second-order valence-corrected chi connectivity index (χ2v) is 5.06. The van der Waals surface area contributed by atoms with Crippen molar-refractivity contribution < 1.29 is 9.47 Å². The highest BCUT2D eigenvalue weighted by Gasteiger charge is 2.09. The minimum absolute atomic E-state index is 0.0568. The van der Waals surface area contributed by atoms with E-state index < -0.39 is 0 Å². The predicted octanol–water partition coefficient (Wildman–Crippen LogP) is 4.06. The molecule has 0 heterocycles. The highest BCUT2D eigenvalue weighted by Crippen LogP contribution is 2.17. The summed E-state index contributed by atoms with van der Waals surface area (Å²) in [5, 5.41) is 17.5. The standard InChI is InChI=1S/C19H18N2O2/c1-2-17(23-19-9-5-16(14-21)6-10-19)11-12-22-18-7-3-15(13-20)4-8-18/h3-10,17H,2,11-12H2,1H3. The maximum atomic E-state index is 8.79. The largest absolute Gasteiger partial charge is 0.493 e. The first kappa shape index (κ1) is 16.4. The van der Waals surface area contributed by atoms with Gasteiger partial charge in [-0.15, -0.1) is 0 Å². The van der Waals surface area contributed by atoms with Gasteiger partial charge in [-0.05, 0) is 55.0 Å². The highest BCUT2D eigenvalue weighted by molar-refractivity contribution is 5.35. The zero-order valence-electron chi connectivity index (χ0n) is 13.0. The molecule has 2 aromatic carbocycles. The topological polar surface area (TPSA) is 66.0 Å². The van der Waals surface area contributed by atoms with Gasteiger partial charge in [0.2, 0.25) is 0 Å². The molecule has 0 aromatic heterocycles. The van der Waals surface area contributed by atoms with Gasteiger partial charge in [-0.3, -0.25) is 0 Å². The molecule has 1 atom stereocenters. The van der Waals surface area contributed by atoms with Crippen molar-refractivity contribution >= 4 is 0 Å². The van der Waals surface area contributed by atoms with Gasteiger partial charge in [0.15, 0.2) is 0 Å². The van der Waals surface area contributed by atoms with Gasteiger partial charge in [-0.2, -0.15) is 10.5 Å². The third-order valence-electron chi connectivity index (χ3n) is 3.43. The molecule has 2 aromatic rings. The van der Waals surface area contributed by atoms with Crippen LogP contribution in [0.3, 0.4) is 0 Å². The lowest BCUT2D eigenvalue weighted by atomic mass is 10.2. The number of rotatable bonds is 7. The Morgan fingerprint density at radius 2 is 1.39 bits per heavy atom. The van der Waals surface area contributed by atoms with Crippen LogP contribution in [0, 0.1) is 22.7 Å². The van der Waals surface area contributed by atoms with E-state index in [9.17, 15) is 0 Å². The average molecular weight is 306 g/mol. The van der Waals surface area contributed by atoms with Gasteiger partial charge in [-0.25, -0.2) is 0 Å². The second-order valence-electron chi connectivity index (χ2n) is 5.06. The summed E-state index contributed by atoms with van der Waals surface area (Å²) in [5.41, 5.74) is 1.24. The molecular weight excluding hydrogens is 288 g/mol. The van der Waals surface area contributed by atoms with E-state index in [4.69, 9.17) is 20.0 Å². The number of hydrogen-bond donors (Lipinski definition) is 0. The Bertz CT molecular complexity index is 694. The molecule has 0 spiro atoms. The summed E-state index contributed by atoms with van der Waals surface area (Å²) in [5.74, 6) is 1.51. The summed E-state index contributed by atoms with van der Waals surface area (Å²) >= 11 is 0. The number of nitrogens with zero attached hydrogens (tertiary/aromatic N) is 2. The van der Waals surface area contributed by atoms with E-state index in [1.165, 1.54) is 0 Å². The molecule has 0 aliphatic heterocycles. The van der Waals surface area contributed by atoms with E-state index in [1.807, 2.05) is 12.1 Å². The SMILES string of the molecule is CCC(CCOc1ccc(C#N)cc1)Oc1ccc(C#N)cc1. The zero-order chi connectivity index (χ0) is 16.5. The number of nitriles is 2. The molecule has 0 saturated carbocycles. The Morgan fingerprint density at radius 1 is 0.870 bits per heavy atom. The van der Waals surface area contributed by atoms with Crippen molar-refractivity contribution in [3.8, 4) is 23.6 Å². The first-order valence-electron chi connectivity index (χ1n) is 7.55. The van der Waals surface area contributed by atoms with Crippen molar-refractivity contribution in [2.24, 2.45) is 0 Å². The predicted molar refractivity (Wildman–Crippen MR) is 87.1 cm³/mol. The lowest BCUT2D eigenvalue weighted by Crippen LogP contribution is -2.18. The molecule has 23 heavy (non-hydrogen) atoms. The molecule has 0 aliphatic carbocycles. The van der Waals surface area contributed by atoms with Crippen molar-refractivity contribution in [2.45, 2.75) is 25.9 Å². The monoisotopic (exact) mass is 306 g/mol. The molecule has 0 amide bonds. The van der Waals surface area contributed by atoms with Crippen LogP contribution in [0.2, 0.25) is 0 Å². The molecule has 2 rings (SSSR count). The zero-order valence-corrected chi connectivity index (χ0v) is 13.0. The van der Waals surface area contributed by atoms with E-state index in [0.29, 0.717) is 17.7 Å². The van der Waals surface area contributed by atoms with Gasteiger partial charge in [0, 0.05) is 6.42 Å². The fraction of sp³-hybridized carbons (Fsp3) is 0.263. The number of benzene rings is 2. The Balaban J connectivity index is 1.82. The Hall–Kier alpha value is -2.98. The highest BCUT2D eigenvalue weighted by atomic mass is 16.5. The van der Waals surface area contributed by atoms with Crippen LogP contribution in [0.5, 0.6) is 11.5 Å². The minimum atomic E-state index is 0.0568. The van der Waals surface area contributed by atoms with Crippen molar-refractivity contribution in [1.29, 1.82) is 10.5 Å². The fourth-order valence-corrected chi connectivity index (χ4v) is 2.08. The molecular formula is C19H18N2O2. The van der Waals surface area contributed by atoms with E-state index in [0.717, 1.165) is 24.3 Å². The summed E-state index contributed by atoms with van der Waals surface area (Å²) in [7, 11) is 0. The maximum Gasteiger partial charge on any atom is 0.119 e. The fourth-order valence-electron chi connectivity index (χ4n) is 2.08. The molecule has 1 unspecified atom stereocenters. The van der Waals surface area contributed by atoms with E-state index in [1.54, 1.807) is 36.4 Å². The normalized spacial score (nSPS) is 11.1. The van der Waals surface area contributed by atoms with Crippen LogP contribution in [-0.4, -0.2) is 12.7 Å². The quantitative estimate of drug-likeness (QED) is 0.773. The van der Waals surface area contributed by atoms with Crippen molar-refractivity contribution in [2.75, 3.05) is 6.61 Å². The summed E-state index contributed by atoms with van der Waals surface area (Å²) in [6.07, 6.45) is 1.69. The van der Waals surface area contributed by atoms with E-state index >= 15 is 0 Å². The first-order chi connectivity index (χ1) is 11.2. The third kappa shape index (κ3) is 5.05. The molecule has 4 heteroatoms. The molecule has 0 aliphatic rings. The van der Waals surface area contributed by atoms with Crippen molar-refractivity contribution in [1.82, 2.24) is 0 Å². The van der Waals surface area contributed by atoms with E-state index in [2.05, 4.69) is 19.1 Å². The molecule has 0 saturated heterocycles. The van der Waals surface area contributed by atoms with Gasteiger partial charge in [0.25, 0.3) is 0 Å². The summed E-state index contributed by atoms with van der Waals surface area (Å²) in [6.45, 7) is 2.61. The van der Waals surface area contributed by atoms with Crippen molar-refractivity contribution in [3.05, 3.63) is 59.7 Å². The smallest absolute Gasteiger partial charge is 0.119 e. The van der Waals surface area contributed by atoms with Gasteiger partial charge in [0.05, 0.1) is 29.9 Å². The lowest BCUT2D eigenvalue weighted by Gasteiger charge is -2.18.